The molecule has 0 atom stereocenters. The van der Waals surface area contributed by atoms with Gasteiger partial charge in [-0.2, -0.15) is 0 Å². The Morgan fingerprint density at radius 2 is 2.18 bits per heavy atom. The molecule has 1 aromatic heterocycles. The predicted octanol–water partition coefficient (Wildman–Crippen LogP) is 3.68. The summed E-state index contributed by atoms with van der Waals surface area (Å²) < 4.78 is 10.8. The molecule has 2 aromatic rings. The molecule has 1 aromatic carbocycles. The minimum absolute atomic E-state index is 0.685. The van der Waals surface area contributed by atoms with Gasteiger partial charge in [0.1, 0.15) is 11.5 Å². The molecule has 0 unspecified atom stereocenters. The summed E-state index contributed by atoms with van der Waals surface area (Å²) in [6.07, 6.45) is 2.70. The molecule has 0 amide bonds. The first-order chi connectivity index (χ1) is 8.38. The van der Waals surface area contributed by atoms with Crippen molar-refractivity contribution in [2.24, 2.45) is 0 Å². The van der Waals surface area contributed by atoms with Crippen molar-refractivity contribution in [1.82, 2.24) is 0 Å². The van der Waals surface area contributed by atoms with E-state index in [1.165, 1.54) is 0 Å². The largest absolute Gasteiger partial charge is 0.494 e. The Labute approximate surface area is 101 Å². The van der Waals surface area contributed by atoms with Crippen LogP contribution in [0, 0.1) is 0 Å². The molecule has 0 aliphatic carbocycles. The number of anilines is 1. The van der Waals surface area contributed by atoms with Crippen molar-refractivity contribution in [3.63, 3.8) is 0 Å². The van der Waals surface area contributed by atoms with Crippen molar-refractivity contribution in [2.45, 2.75) is 19.9 Å². The lowest BCUT2D eigenvalue weighted by Crippen LogP contribution is -1.99. The maximum Gasteiger partial charge on any atom is 0.122 e. The maximum atomic E-state index is 5.57. The Morgan fingerprint density at radius 1 is 1.24 bits per heavy atom. The minimum atomic E-state index is 0.685. The zero-order valence-electron chi connectivity index (χ0n) is 9.98. The lowest BCUT2D eigenvalue weighted by atomic mass is 10.3. The number of ether oxygens (including phenoxy) is 1. The van der Waals surface area contributed by atoms with E-state index in [1.54, 1.807) is 6.26 Å². The molecule has 1 N–H and O–H groups in total. The highest BCUT2D eigenvalue weighted by Gasteiger charge is 1.98. The summed E-state index contributed by atoms with van der Waals surface area (Å²) in [4.78, 5) is 0. The molecule has 0 spiro atoms. The molecule has 0 bridgehead atoms. The molecule has 0 aliphatic heterocycles. The zero-order chi connectivity index (χ0) is 11.9. The zero-order valence-corrected chi connectivity index (χ0v) is 9.98. The van der Waals surface area contributed by atoms with Gasteiger partial charge in [-0.25, -0.2) is 0 Å². The van der Waals surface area contributed by atoms with Gasteiger partial charge in [0, 0.05) is 11.8 Å². The Balaban J connectivity index is 1.91. The van der Waals surface area contributed by atoms with Crippen LogP contribution in [0.1, 0.15) is 19.1 Å². The fourth-order valence-electron chi connectivity index (χ4n) is 1.52. The Morgan fingerprint density at radius 3 is 2.94 bits per heavy atom. The van der Waals surface area contributed by atoms with Crippen LogP contribution in [0.2, 0.25) is 0 Å². The van der Waals surface area contributed by atoms with Crippen molar-refractivity contribution in [1.29, 1.82) is 0 Å². The summed E-state index contributed by atoms with van der Waals surface area (Å²) >= 11 is 0. The molecule has 2 rings (SSSR count). The quantitative estimate of drug-likeness (QED) is 0.823. The van der Waals surface area contributed by atoms with Gasteiger partial charge in [-0.1, -0.05) is 13.0 Å². The van der Waals surface area contributed by atoms with Gasteiger partial charge in [-0.15, -0.1) is 0 Å². The molecule has 1 heterocycles. The Bertz CT molecular complexity index is 437. The monoisotopic (exact) mass is 231 g/mol. The van der Waals surface area contributed by atoms with Gasteiger partial charge in [0.15, 0.2) is 0 Å². The summed E-state index contributed by atoms with van der Waals surface area (Å²) in [5.41, 5.74) is 1.04. The number of furan rings is 1. The second-order valence-corrected chi connectivity index (χ2v) is 3.81. The summed E-state index contributed by atoms with van der Waals surface area (Å²) in [7, 11) is 0. The molecule has 0 saturated heterocycles. The molecule has 0 radical (unpaired) electrons. The smallest absolute Gasteiger partial charge is 0.122 e. The SMILES string of the molecule is CCCOc1cccc(NCc2ccco2)c1. The Hall–Kier alpha value is -1.90. The fraction of sp³-hybridized carbons (Fsp3) is 0.286. The van der Waals surface area contributed by atoms with E-state index >= 15 is 0 Å². The van der Waals surface area contributed by atoms with Gasteiger partial charge in [0.25, 0.3) is 0 Å². The maximum absolute atomic E-state index is 5.57. The van der Waals surface area contributed by atoms with Gasteiger partial charge in [-0.05, 0) is 30.7 Å². The normalized spacial score (nSPS) is 10.2. The van der Waals surface area contributed by atoms with Crippen LogP contribution < -0.4 is 10.1 Å². The van der Waals surface area contributed by atoms with Crippen LogP contribution in [0.3, 0.4) is 0 Å². The molecule has 3 heteroatoms. The van der Waals surface area contributed by atoms with E-state index in [1.807, 2.05) is 36.4 Å². The van der Waals surface area contributed by atoms with Gasteiger partial charge < -0.3 is 14.5 Å². The van der Waals surface area contributed by atoms with Crippen LogP contribution in [0.5, 0.6) is 5.75 Å². The van der Waals surface area contributed by atoms with Crippen molar-refractivity contribution < 1.29 is 9.15 Å². The summed E-state index contributed by atoms with van der Waals surface area (Å²) in [5, 5.41) is 3.29. The summed E-state index contributed by atoms with van der Waals surface area (Å²) in [6, 6.07) is 11.8. The molecule has 0 aliphatic rings. The highest BCUT2D eigenvalue weighted by Crippen LogP contribution is 2.18. The highest BCUT2D eigenvalue weighted by molar-refractivity contribution is 5.48. The average molecular weight is 231 g/mol. The third kappa shape index (κ3) is 3.55. The van der Waals surface area contributed by atoms with Gasteiger partial charge in [0.2, 0.25) is 0 Å². The van der Waals surface area contributed by atoms with Crippen molar-refractivity contribution in [3.05, 3.63) is 48.4 Å². The second-order valence-electron chi connectivity index (χ2n) is 3.81. The van der Waals surface area contributed by atoms with E-state index < -0.39 is 0 Å². The molecule has 17 heavy (non-hydrogen) atoms. The van der Waals surface area contributed by atoms with Crippen LogP contribution in [-0.2, 0) is 6.54 Å². The highest BCUT2D eigenvalue weighted by atomic mass is 16.5. The number of hydrogen-bond acceptors (Lipinski definition) is 3. The second kappa shape index (κ2) is 5.99. The van der Waals surface area contributed by atoms with E-state index in [0.717, 1.165) is 30.2 Å². The van der Waals surface area contributed by atoms with E-state index in [2.05, 4.69) is 12.2 Å². The number of hydrogen-bond donors (Lipinski definition) is 1. The fourth-order valence-corrected chi connectivity index (χ4v) is 1.52. The van der Waals surface area contributed by atoms with E-state index in [4.69, 9.17) is 9.15 Å². The van der Waals surface area contributed by atoms with Crippen LogP contribution in [0.4, 0.5) is 5.69 Å². The average Bonchev–Trinajstić information content (AvgIpc) is 2.87. The van der Waals surface area contributed by atoms with Crippen LogP contribution >= 0.6 is 0 Å². The van der Waals surface area contributed by atoms with Crippen LogP contribution in [-0.4, -0.2) is 6.61 Å². The third-order valence-electron chi connectivity index (χ3n) is 2.35. The molecule has 90 valence electrons. The topological polar surface area (TPSA) is 34.4 Å². The van der Waals surface area contributed by atoms with Gasteiger partial charge in [-0.3, -0.25) is 0 Å². The minimum Gasteiger partial charge on any atom is -0.494 e. The molecular weight excluding hydrogens is 214 g/mol. The number of benzene rings is 1. The lowest BCUT2D eigenvalue weighted by molar-refractivity contribution is 0.317. The molecule has 0 fully saturated rings. The first kappa shape index (κ1) is 11.6. The summed E-state index contributed by atoms with van der Waals surface area (Å²) in [6.45, 7) is 3.53. The predicted molar refractivity (Wildman–Crippen MR) is 68.3 cm³/mol. The number of rotatable bonds is 6. The Kier molecular flexibility index (Phi) is 4.08. The lowest BCUT2D eigenvalue weighted by Gasteiger charge is -2.08. The van der Waals surface area contributed by atoms with E-state index in [-0.39, 0.29) is 0 Å². The van der Waals surface area contributed by atoms with Crippen molar-refractivity contribution >= 4 is 5.69 Å². The van der Waals surface area contributed by atoms with Crippen molar-refractivity contribution in [3.8, 4) is 5.75 Å². The standard InChI is InChI=1S/C14H17NO2/c1-2-8-16-13-6-3-5-12(10-13)15-11-14-7-4-9-17-14/h3-7,9-10,15H,2,8,11H2,1H3. The van der Waals surface area contributed by atoms with Gasteiger partial charge >= 0.3 is 0 Å². The first-order valence-corrected chi connectivity index (χ1v) is 5.87. The van der Waals surface area contributed by atoms with Crippen LogP contribution in [0.25, 0.3) is 0 Å². The molecule has 0 saturated carbocycles. The van der Waals surface area contributed by atoms with Gasteiger partial charge in [0.05, 0.1) is 19.4 Å². The third-order valence-corrected chi connectivity index (χ3v) is 2.35. The van der Waals surface area contributed by atoms with E-state index in [9.17, 15) is 0 Å². The summed E-state index contributed by atoms with van der Waals surface area (Å²) in [5.74, 6) is 1.82. The number of nitrogens with one attached hydrogen (secondary N) is 1. The first-order valence-electron chi connectivity index (χ1n) is 5.87. The van der Waals surface area contributed by atoms with Crippen molar-refractivity contribution in [2.75, 3.05) is 11.9 Å². The van der Waals surface area contributed by atoms with E-state index in [0.29, 0.717) is 6.54 Å². The van der Waals surface area contributed by atoms with Crippen LogP contribution in [0.15, 0.2) is 47.1 Å². The molecular formula is C14H17NO2. The molecule has 3 nitrogen and oxygen atoms in total.